The average Bonchev–Trinajstić information content (AvgIpc) is 2.27. The molecular formula is C10H11F2NO3. The van der Waals surface area contributed by atoms with E-state index in [1.54, 1.807) is 0 Å². The molecule has 2 N–H and O–H groups in total. The monoisotopic (exact) mass is 231 g/mol. The molecule has 1 rings (SSSR count). The standard InChI is InChI=1S/C10H11F2NO3/c1-15-9-6(12)3-5(11)8(7(14)4-13)10(9)16-2/h3H,4,13H2,1-2H3. The van der Waals surface area contributed by atoms with Gasteiger partial charge in [-0.05, 0) is 0 Å². The molecule has 6 heteroatoms. The van der Waals surface area contributed by atoms with E-state index in [0.717, 1.165) is 0 Å². The number of Topliss-reactive ketones (excluding diaryl/α,β-unsaturated/α-hetero) is 1. The predicted molar refractivity (Wildman–Crippen MR) is 52.8 cm³/mol. The lowest BCUT2D eigenvalue weighted by atomic mass is 10.1. The van der Waals surface area contributed by atoms with E-state index in [2.05, 4.69) is 0 Å². The maximum Gasteiger partial charge on any atom is 0.197 e. The van der Waals surface area contributed by atoms with E-state index < -0.39 is 29.5 Å². The molecule has 0 saturated heterocycles. The summed E-state index contributed by atoms with van der Waals surface area (Å²) in [4.78, 5) is 11.4. The Morgan fingerprint density at radius 3 is 2.25 bits per heavy atom. The van der Waals surface area contributed by atoms with E-state index in [1.165, 1.54) is 14.2 Å². The fourth-order valence-corrected chi connectivity index (χ4v) is 1.33. The Morgan fingerprint density at radius 1 is 1.25 bits per heavy atom. The van der Waals surface area contributed by atoms with E-state index in [0.29, 0.717) is 6.07 Å². The van der Waals surface area contributed by atoms with E-state index in [1.807, 2.05) is 0 Å². The van der Waals surface area contributed by atoms with E-state index in [9.17, 15) is 13.6 Å². The molecule has 16 heavy (non-hydrogen) atoms. The summed E-state index contributed by atoms with van der Waals surface area (Å²) < 4.78 is 36.1. The van der Waals surface area contributed by atoms with Gasteiger partial charge in [0.05, 0.1) is 20.8 Å². The zero-order valence-electron chi connectivity index (χ0n) is 8.84. The summed E-state index contributed by atoms with van der Waals surface area (Å²) in [6.45, 7) is -0.401. The molecule has 0 aliphatic heterocycles. The molecule has 4 nitrogen and oxygen atoms in total. The highest BCUT2D eigenvalue weighted by molar-refractivity contribution is 6.01. The number of nitrogens with two attached hydrogens (primary N) is 1. The van der Waals surface area contributed by atoms with Crippen LogP contribution in [0, 0.1) is 11.6 Å². The van der Waals surface area contributed by atoms with Crippen LogP contribution in [0.4, 0.5) is 8.78 Å². The Kier molecular flexibility index (Phi) is 3.78. The number of hydrogen-bond acceptors (Lipinski definition) is 4. The molecule has 0 bridgehead atoms. The Bertz CT molecular complexity index is 421. The summed E-state index contributed by atoms with van der Waals surface area (Å²) in [6.07, 6.45) is 0. The third-order valence-electron chi connectivity index (χ3n) is 2.01. The van der Waals surface area contributed by atoms with Gasteiger partial charge in [0, 0.05) is 6.07 Å². The summed E-state index contributed by atoms with van der Waals surface area (Å²) in [7, 11) is 2.37. The molecule has 0 aliphatic rings. The van der Waals surface area contributed by atoms with Gasteiger partial charge in [-0.2, -0.15) is 0 Å². The second-order valence-corrected chi connectivity index (χ2v) is 2.91. The molecule has 0 amide bonds. The van der Waals surface area contributed by atoms with Gasteiger partial charge in [0.1, 0.15) is 11.4 Å². The van der Waals surface area contributed by atoms with Crippen molar-refractivity contribution in [2.45, 2.75) is 0 Å². The number of methoxy groups -OCH3 is 2. The fourth-order valence-electron chi connectivity index (χ4n) is 1.33. The highest BCUT2D eigenvalue weighted by Crippen LogP contribution is 2.35. The fraction of sp³-hybridized carbons (Fsp3) is 0.300. The summed E-state index contributed by atoms with van der Waals surface area (Å²) in [5.74, 6) is -3.25. The van der Waals surface area contributed by atoms with Crippen LogP contribution in [0.15, 0.2) is 6.07 Å². The molecule has 0 fully saturated rings. The number of ketones is 1. The van der Waals surface area contributed by atoms with Crippen molar-refractivity contribution < 1.29 is 23.0 Å². The molecule has 0 aliphatic carbocycles. The van der Waals surface area contributed by atoms with Crippen molar-refractivity contribution in [3.05, 3.63) is 23.3 Å². The van der Waals surface area contributed by atoms with Crippen molar-refractivity contribution in [1.29, 1.82) is 0 Å². The third-order valence-corrected chi connectivity index (χ3v) is 2.01. The Balaban J connectivity index is 3.52. The molecule has 1 aromatic carbocycles. The molecule has 0 spiro atoms. The molecule has 0 atom stereocenters. The quantitative estimate of drug-likeness (QED) is 0.789. The van der Waals surface area contributed by atoms with Crippen LogP contribution in [-0.4, -0.2) is 26.5 Å². The summed E-state index contributed by atoms with van der Waals surface area (Å²) >= 11 is 0. The van der Waals surface area contributed by atoms with Crippen LogP contribution in [0.5, 0.6) is 11.5 Å². The van der Waals surface area contributed by atoms with Gasteiger partial charge in [-0.1, -0.05) is 0 Å². The van der Waals surface area contributed by atoms with Crippen LogP contribution >= 0.6 is 0 Å². The van der Waals surface area contributed by atoms with Gasteiger partial charge >= 0.3 is 0 Å². The second-order valence-electron chi connectivity index (χ2n) is 2.91. The first-order valence-corrected chi connectivity index (χ1v) is 4.40. The normalized spacial score (nSPS) is 10.1. The van der Waals surface area contributed by atoms with Crippen LogP contribution in [0.25, 0.3) is 0 Å². The van der Waals surface area contributed by atoms with Gasteiger partial charge in [0.15, 0.2) is 23.1 Å². The molecule has 0 aromatic heterocycles. The van der Waals surface area contributed by atoms with Crippen LogP contribution < -0.4 is 15.2 Å². The lowest BCUT2D eigenvalue weighted by Crippen LogP contribution is -2.17. The molecule has 0 saturated carbocycles. The number of benzene rings is 1. The van der Waals surface area contributed by atoms with E-state index in [-0.39, 0.29) is 11.5 Å². The highest BCUT2D eigenvalue weighted by Gasteiger charge is 2.24. The number of hydrogen-bond donors (Lipinski definition) is 1. The molecule has 0 radical (unpaired) electrons. The highest BCUT2D eigenvalue weighted by atomic mass is 19.1. The number of ether oxygens (including phenoxy) is 2. The van der Waals surface area contributed by atoms with Crippen molar-refractivity contribution in [2.75, 3.05) is 20.8 Å². The number of halogens is 2. The van der Waals surface area contributed by atoms with Crippen LogP contribution in [0.1, 0.15) is 10.4 Å². The number of carbonyl (C=O) groups is 1. The van der Waals surface area contributed by atoms with Gasteiger partial charge in [-0.15, -0.1) is 0 Å². The molecule has 88 valence electrons. The van der Waals surface area contributed by atoms with Crippen molar-refractivity contribution in [3.63, 3.8) is 0 Å². The van der Waals surface area contributed by atoms with Gasteiger partial charge < -0.3 is 15.2 Å². The molecule has 0 unspecified atom stereocenters. The van der Waals surface area contributed by atoms with Gasteiger partial charge in [-0.3, -0.25) is 4.79 Å². The minimum absolute atomic E-state index is 0.282. The van der Waals surface area contributed by atoms with Crippen molar-refractivity contribution in [2.24, 2.45) is 5.73 Å². The minimum atomic E-state index is -1.02. The maximum absolute atomic E-state index is 13.4. The van der Waals surface area contributed by atoms with E-state index in [4.69, 9.17) is 15.2 Å². The summed E-state index contributed by atoms with van der Waals surface area (Å²) in [5.41, 5.74) is 4.72. The molecular weight excluding hydrogens is 220 g/mol. The topological polar surface area (TPSA) is 61.5 Å². The molecule has 0 heterocycles. The first kappa shape index (κ1) is 12.4. The van der Waals surface area contributed by atoms with Gasteiger partial charge in [0.2, 0.25) is 0 Å². The summed E-state index contributed by atoms with van der Waals surface area (Å²) in [6, 6.07) is 0.560. The predicted octanol–water partition coefficient (Wildman–Crippen LogP) is 1.12. The first-order chi connectivity index (χ1) is 7.56. The Hall–Kier alpha value is -1.69. The van der Waals surface area contributed by atoms with Crippen LogP contribution in [-0.2, 0) is 0 Å². The average molecular weight is 231 g/mol. The third kappa shape index (κ3) is 1.96. The maximum atomic E-state index is 13.4. The first-order valence-electron chi connectivity index (χ1n) is 4.40. The second kappa shape index (κ2) is 4.89. The van der Waals surface area contributed by atoms with Crippen molar-refractivity contribution in [3.8, 4) is 11.5 Å². The summed E-state index contributed by atoms with van der Waals surface area (Å²) in [5, 5.41) is 0. The number of carbonyl (C=O) groups excluding carboxylic acids is 1. The number of rotatable bonds is 4. The minimum Gasteiger partial charge on any atom is -0.492 e. The van der Waals surface area contributed by atoms with Gasteiger partial charge in [-0.25, -0.2) is 8.78 Å². The lowest BCUT2D eigenvalue weighted by Gasteiger charge is -2.12. The van der Waals surface area contributed by atoms with Gasteiger partial charge in [0.25, 0.3) is 0 Å². The molecule has 1 aromatic rings. The zero-order valence-corrected chi connectivity index (χ0v) is 8.84. The smallest absolute Gasteiger partial charge is 0.197 e. The van der Waals surface area contributed by atoms with Crippen molar-refractivity contribution >= 4 is 5.78 Å². The Morgan fingerprint density at radius 2 is 1.81 bits per heavy atom. The lowest BCUT2D eigenvalue weighted by molar-refractivity contribution is 0.0993. The Labute approximate surface area is 91.0 Å². The largest absolute Gasteiger partial charge is 0.492 e. The van der Waals surface area contributed by atoms with Crippen LogP contribution in [0.2, 0.25) is 0 Å². The van der Waals surface area contributed by atoms with Crippen molar-refractivity contribution in [1.82, 2.24) is 0 Å². The van der Waals surface area contributed by atoms with Crippen LogP contribution in [0.3, 0.4) is 0 Å². The zero-order chi connectivity index (χ0) is 12.3. The SMILES string of the molecule is COc1c(F)cc(F)c(C(=O)CN)c1OC. The van der Waals surface area contributed by atoms with E-state index >= 15 is 0 Å².